The van der Waals surface area contributed by atoms with E-state index in [1.54, 1.807) is 6.07 Å². The zero-order chi connectivity index (χ0) is 20.4. The fraction of sp³-hybridized carbons (Fsp3) is 0.450. The number of pyridine rings is 2. The molecule has 0 unspecified atom stereocenters. The molecule has 1 aliphatic carbocycles. The van der Waals surface area contributed by atoms with Gasteiger partial charge in [0.2, 0.25) is 0 Å². The van der Waals surface area contributed by atoms with E-state index in [4.69, 9.17) is 11.6 Å². The summed E-state index contributed by atoms with van der Waals surface area (Å²) < 4.78 is 0.610. The molecule has 0 atom stereocenters. The second-order valence-electron chi connectivity index (χ2n) is 7.30. The van der Waals surface area contributed by atoms with Crippen molar-refractivity contribution in [3.8, 4) is 0 Å². The van der Waals surface area contributed by atoms with Gasteiger partial charge in [0, 0.05) is 37.0 Å². The van der Waals surface area contributed by atoms with Crippen molar-refractivity contribution in [2.45, 2.75) is 52.1 Å². The van der Waals surface area contributed by atoms with Crippen LogP contribution in [-0.2, 0) is 6.54 Å². The smallest absolute Gasteiger partial charge is 0.271 e. The standard InChI is InChI=1S/C20H24BrClN4O2/c1-11-8-12(2)24-19(27)14(11)10-23-20(28)18-17(21)15(9-16(22)25-18)26(3)13-6-4-5-7-13/h8-9,13H,4-7,10H2,1-3H3,(H,23,28)(H,24,27). The van der Waals surface area contributed by atoms with Crippen LogP contribution < -0.4 is 15.8 Å². The van der Waals surface area contributed by atoms with Gasteiger partial charge in [-0.15, -0.1) is 0 Å². The highest BCUT2D eigenvalue weighted by Crippen LogP contribution is 2.35. The number of hydrogen-bond acceptors (Lipinski definition) is 4. The number of hydrogen-bond donors (Lipinski definition) is 2. The van der Waals surface area contributed by atoms with Crippen molar-refractivity contribution in [1.29, 1.82) is 0 Å². The quantitative estimate of drug-likeness (QED) is 0.649. The lowest BCUT2D eigenvalue weighted by molar-refractivity contribution is 0.0945. The molecule has 1 aliphatic rings. The summed E-state index contributed by atoms with van der Waals surface area (Å²) in [6.07, 6.45) is 4.67. The second kappa shape index (κ2) is 8.66. The van der Waals surface area contributed by atoms with Gasteiger partial charge >= 0.3 is 0 Å². The van der Waals surface area contributed by atoms with E-state index >= 15 is 0 Å². The number of aryl methyl sites for hydroxylation is 2. The Bertz CT molecular complexity index is 954. The van der Waals surface area contributed by atoms with Crippen molar-refractivity contribution in [2.24, 2.45) is 0 Å². The first-order chi connectivity index (χ1) is 13.3. The molecule has 0 saturated heterocycles. The third kappa shape index (κ3) is 4.41. The van der Waals surface area contributed by atoms with E-state index in [9.17, 15) is 9.59 Å². The van der Waals surface area contributed by atoms with Crippen LogP contribution in [0.15, 0.2) is 21.4 Å². The minimum atomic E-state index is -0.380. The van der Waals surface area contributed by atoms with Gasteiger partial charge in [0.05, 0.1) is 10.2 Å². The Morgan fingerprint density at radius 1 is 1.36 bits per heavy atom. The average Bonchev–Trinajstić information content (AvgIpc) is 3.16. The average molecular weight is 468 g/mol. The number of nitrogens with zero attached hydrogens (tertiary/aromatic N) is 2. The molecule has 6 nitrogen and oxygen atoms in total. The molecule has 2 aromatic rings. The van der Waals surface area contributed by atoms with Gasteiger partial charge in [-0.2, -0.15) is 0 Å². The maximum atomic E-state index is 12.8. The molecule has 3 rings (SSSR count). The minimum Gasteiger partial charge on any atom is -0.371 e. The van der Waals surface area contributed by atoms with Crippen molar-refractivity contribution < 1.29 is 4.79 Å². The van der Waals surface area contributed by atoms with E-state index < -0.39 is 0 Å². The van der Waals surface area contributed by atoms with Crippen LogP contribution in [0.2, 0.25) is 5.15 Å². The number of carbonyl (C=O) groups excluding carboxylic acids is 1. The summed E-state index contributed by atoms with van der Waals surface area (Å²) >= 11 is 9.75. The van der Waals surface area contributed by atoms with Gasteiger partial charge in [0.15, 0.2) is 0 Å². The Morgan fingerprint density at radius 2 is 2.04 bits per heavy atom. The van der Waals surface area contributed by atoms with E-state index in [2.05, 4.69) is 36.1 Å². The maximum absolute atomic E-state index is 12.8. The molecule has 1 saturated carbocycles. The summed E-state index contributed by atoms with van der Waals surface area (Å²) in [5, 5.41) is 3.05. The van der Waals surface area contributed by atoms with Crippen LogP contribution in [0.5, 0.6) is 0 Å². The highest BCUT2D eigenvalue weighted by Gasteiger charge is 2.25. The van der Waals surface area contributed by atoms with Gasteiger partial charge in [0.1, 0.15) is 10.8 Å². The van der Waals surface area contributed by atoms with Gasteiger partial charge in [-0.3, -0.25) is 9.59 Å². The van der Waals surface area contributed by atoms with Crippen molar-refractivity contribution >= 4 is 39.1 Å². The zero-order valence-corrected chi connectivity index (χ0v) is 18.6. The number of nitrogens with one attached hydrogen (secondary N) is 2. The van der Waals surface area contributed by atoms with Crippen LogP contribution in [-0.4, -0.2) is 29.0 Å². The largest absolute Gasteiger partial charge is 0.371 e. The molecule has 28 heavy (non-hydrogen) atoms. The van der Waals surface area contributed by atoms with Crippen LogP contribution in [0.1, 0.15) is 53.0 Å². The summed E-state index contributed by atoms with van der Waals surface area (Å²) in [6, 6.07) is 4.08. The summed E-state index contributed by atoms with van der Waals surface area (Å²) in [5.41, 5.74) is 3.02. The van der Waals surface area contributed by atoms with Gasteiger partial charge < -0.3 is 15.2 Å². The van der Waals surface area contributed by atoms with E-state index in [0.29, 0.717) is 16.1 Å². The van der Waals surface area contributed by atoms with E-state index in [1.165, 1.54) is 12.8 Å². The lowest BCUT2D eigenvalue weighted by Gasteiger charge is -2.28. The predicted octanol–water partition coefficient (Wildman–Crippen LogP) is 4.11. The summed E-state index contributed by atoms with van der Waals surface area (Å²) in [6.45, 7) is 3.80. The van der Waals surface area contributed by atoms with Crippen LogP contribution >= 0.6 is 27.5 Å². The molecule has 0 spiro atoms. The number of amides is 1. The minimum absolute atomic E-state index is 0.120. The lowest BCUT2D eigenvalue weighted by atomic mass is 10.1. The zero-order valence-electron chi connectivity index (χ0n) is 16.2. The molecular formula is C20H24BrClN4O2. The molecule has 1 fully saturated rings. The SMILES string of the molecule is Cc1cc(C)c(CNC(=O)c2nc(Cl)cc(N(C)C3CCCC3)c2Br)c(=O)[nH]1. The number of carbonyl (C=O) groups is 1. The Morgan fingerprint density at radius 3 is 2.68 bits per heavy atom. The van der Waals surface area contributed by atoms with Crippen LogP contribution in [0, 0.1) is 13.8 Å². The topological polar surface area (TPSA) is 78.1 Å². The van der Waals surface area contributed by atoms with Crippen LogP contribution in [0.25, 0.3) is 0 Å². The van der Waals surface area contributed by atoms with Crippen molar-refractivity contribution in [1.82, 2.24) is 15.3 Å². The van der Waals surface area contributed by atoms with Crippen molar-refractivity contribution in [3.05, 3.63) is 54.6 Å². The first-order valence-corrected chi connectivity index (χ1v) is 10.5. The normalized spacial score (nSPS) is 14.3. The molecule has 8 heteroatoms. The summed E-state index contributed by atoms with van der Waals surface area (Å²) in [5.74, 6) is -0.380. The van der Waals surface area contributed by atoms with Crippen molar-refractivity contribution in [3.63, 3.8) is 0 Å². The number of aromatic amines is 1. The van der Waals surface area contributed by atoms with Crippen molar-refractivity contribution in [2.75, 3.05) is 11.9 Å². The molecule has 0 aliphatic heterocycles. The van der Waals surface area contributed by atoms with Gasteiger partial charge in [-0.25, -0.2) is 4.98 Å². The number of aromatic nitrogens is 2. The molecule has 0 radical (unpaired) electrons. The Kier molecular flexibility index (Phi) is 6.45. The van der Waals surface area contributed by atoms with Gasteiger partial charge in [-0.1, -0.05) is 24.4 Å². The molecule has 1 amide bonds. The van der Waals surface area contributed by atoms with E-state index in [-0.39, 0.29) is 28.9 Å². The highest BCUT2D eigenvalue weighted by atomic mass is 79.9. The molecule has 2 aromatic heterocycles. The Hall–Kier alpha value is -1.86. The molecule has 2 heterocycles. The van der Waals surface area contributed by atoms with Gasteiger partial charge in [0.25, 0.3) is 11.5 Å². The summed E-state index contributed by atoms with van der Waals surface area (Å²) in [4.78, 5) is 34.1. The van der Waals surface area contributed by atoms with Crippen LogP contribution in [0.3, 0.4) is 0 Å². The monoisotopic (exact) mass is 466 g/mol. The fourth-order valence-corrected chi connectivity index (χ4v) is 4.59. The number of H-pyrrole nitrogens is 1. The molecular weight excluding hydrogens is 444 g/mol. The predicted molar refractivity (Wildman–Crippen MR) is 115 cm³/mol. The Balaban J connectivity index is 1.83. The Labute approximate surface area is 177 Å². The fourth-order valence-electron chi connectivity index (χ4n) is 3.73. The first-order valence-electron chi connectivity index (χ1n) is 9.34. The summed E-state index contributed by atoms with van der Waals surface area (Å²) in [7, 11) is 2.02. The second-order valence-corrected chi connectivity index (χ2v) is 8.48. The van der Waals surface area contributed by atoms with E-state index in [1.807, 2.05) is 27.0 Å². The number of rotatable bonds is 5. The maximum Gasteiger partial charge on any atom is 0.271 e. The molecule has 150 valence electrons. The molecule has 0 aromatic carbocycles. The van der Waals surface area contributed by atoms with E-state index in [0.717, 1.165) is 29.8 Å². The number of halogens is 2. The first kappa shape index (κ1) is 20.9. The molecule has 2 N–H and O–H groups in total. The van der Waals surface area contributed by atoms with Crippen LogP contribution in [0.4, 0.5) is 5.69 Å². The number of anilines is 1. The third-order valence-electron chi connectivity index (χ3n) is 5.29. The highest BCUT2D eigenvalue weighted by molar-refractivity contribution is 9.10. The lowest BCUT2D eigenvalue weighted by Crippen LogP contribution is -2.31. The molecule has 0 bridgehead atoms. The third-order valence-corrected chi connectivity index (χ3v) is 6.27. The van der Waals surface area contributed by atoms with Gasteiger partial charge in [-0.05, 0) is 54.2 Å².